The molecule has 1 unspecified atom stereocenters. The van der Waals surface area contributed by atoms with Crippen LogP contribution >= 0.6 is 0 Å². The molecular weight excluding hydrogens is 531 g/mol. The average Bonchev–Trinajstić information content (AvgIpc) is 2.95. The number of para-hydroxylation sites is 1. The molecule has 10 nitrogen and oxygen atoms in total. The van der Waals surface area contributed by atoms with Crippen molar-refractivity contribution in [2.24, 2.45) is 0 Å². The number of piperazine rings is 1. The molecule has 3 aromatic rings. The number of nitro benzene ring substituents is 1. The molecule has 3 aromatic carbocycles. The number of aliphatic hydroxyl groups excluding tert-OH is 1. The summed E-state index contributed by atoms with van der Waals surface area (Å²) in [5.41, 5.74) is 0.324. The Morgan fingerprint density at radius 3 is 2.27 bits per heavy atom. The molecule has 1 atom stereocenters. The first-order chi connectivity index (χ1) is 19.1. The molecule has 1 saturated heterocycles. The third-order valence-corrected chi connectivity index (χ3v) is 6.44. The molecule has 1 fully saturated rings. The van der Waals surface area contributed by atoms with Crippen molar-refractivity contribution < 1.29 is 32.8 Å². The summed E-state index contributed by atoms with van der Waals surface area (Å²) < 4.78 is 39.3. The van der Waals surface area contributed by atoms with Crippen LogP contribution in [0.15, 0.2) is 72.8 Å². The number of nitro groups is 1. The van der Waals surface area contributed by atoms with Crippen molar-refractivity contribution >= 4 is 34.6 Å². The van der Waals surface area contributed by atoms with Gasteiger partial charge in [-0.05, 0) is 42.5 Å². The number of alkyl halides is 3. The van der Waals surface area contributed by atoms with E-state index in [-0.39, 0.29) is 22.6 Å². The van der Waals surface area contributed by atoms with E-state index in [1.807, 2.05) is 4.90 Å². The van der Waals surface area contributed by atoms with E-state index in [0.717, 1.165) is 17.8 Å². The number of carbonyl (C=O) groups excluding carboxylic acids is 2. The highest BCUT2D eigenvalue weighted by Crippen LogP contribution is 2.32. The van der Waals surface area contributed by atoms with Crippen LogP contribution in [-0.2, 0) is 11.0 Å². The van der Waals surface area contributed by atoms with Crippen molar-refractivity contribution in [3.63, 3.8) is 0 Å². The van der Waals surface area contributed by atoms with Crippen molar-refractivity contribution in [3.05, 3.63) is 94.0 Å². The van der Waals surface area contributed by atoms with Gasteiger partial charge in [0.15, 0.2) is 0 Å². The molecule has 1 heterocycles. The molecule has 1 aliphatic heterocycles. The van der Waals surface area contributed by atoms with Crippen LogP contribution in [0.5, 0.6) is 0 Å². The van der Waals surface area contributed by atoms with Gasteiger partial charge in [-0.3, -0.25) is 19.7 Å². The van der Waals surface area contributed by atoms with Crippen LogP contribution in [0.4, 0.5) is 35.9 Å². The highest BCUT2D eigenvalue weighted by Gasteiger charge is 2.31. The van der Waals surface area contributed by atoms with Crippen LogP contribution < -0.4 is 15.5 Å². The third-order valence-electron chi connectivity index (χ3n) is 6.44. The molecule has 13 heteroatoms. The Kier molecular flexibility index (Phi) is 8.53. The monoisotopic (exact) mass is 557 g/mol. The second-order valence-electron chi connectivity index (χ2n) is 9.04. The van der Waals surface area contributed by atoms with Gasteiger partial charge in [0.2, 0.25) is 5.91 Å². The second-order valence-corrected chi connectivity index (χ2v) is 9.04. The molecular formula is C27H26F3N5O5. The summed E-state index contributed by atoms with van der Waals surface area (Å²) in [4.78, 5) is 40.0. The zero-order valence-electron chi connectivity index (χ0n) is 21.1. The van der Waals surface area contributed by atoms with E-state index in [1.165, 1.54) is 41.3 Å². The first-order valence-electron chi connectivity index (χ1n) is 12.3. The van der Waals surface area contributed by atoms with Crippen LogP contribution in [0.3, 0.4) is 0 Å². The minimum atomic E-state index is -4.53. The summed E-state index contributed by atoms with van der Waals surface area (Å²) in [6.07, 6.45) is -4.53. The number of non-ortho nitro benzene ring substituents is 1. The van der Waals surface area contributed by atoms with Gasteiger partial charge in [-0.25, -0.2) is 0 Å². The summed E-state index contributed by atoms with van der Waals surface area (Å²) in [7, 11) is 0. The molecule has 0 aromatic heterocycles. The predicted octanol–water partition coefficient (Wildman–Crippen LogP) is 3.80. The van der Waals surface area contributed by atoms with E-state index >= 15 is 0 Å². The fourth-order valence-electron chi connectivity index (χ4n) is 4.33. The summed E-state index contributed by atoms with van der Waals surface area (Å²) in [5.74, 6) is -1.17. The van der Waals surface area contributed by atoms with Gasteiger partial charge < -0.3 is 25.5 Å². The van der Waals surface area contributed by atoms with Gasteiger partial charge in [0, 0.05) is 49.7 Å². The topological polar surface area (TPSA) is 128 Å². The van der Waals surface area contributed by atoms with Gasteiger partial charge in [0.1, 0.15) is 6.04 Å². The Bertz CT molecular complexity index is 1380. The quantitative estimate of drug-likeness (QED) is 0.284. The van der Waals surface area contributed by atoms with E-state index in [4.69, 9.17) is 0 Å². The fourth-order valence-corrected chi connectivity index (χ4v) is 4.33. The number of anilines is 3. The number of amides is 2. The summed E-state index contributed by atoms with van der Waals surface area (Å²) in [6, 6.07) is 15.5. The molecule has 40 heavy (non-hydrogen) atoms. The van der Waals surface area contributed by atoms with E-state index in [0.29, 0.717) is 26.2 Å². The lowest BCUT2D eigenvalue weighted by Gasteiger charge is -2.37. The Labute approximate surface area is 227 Å². The van der Waals surface area contributed by atoms with Crippen LogP contribution in [0, 0.1) is 10.1 Å². The smallest absolute Gasteiger partial charge is 0.394 e. The molecule has 2 amide bonds. The first kappa shape index (κ1) is 28.4. The summed E-state index contributed by atoms with van der Waals surface area (Å²) >= 11 is 0. The first-order valence-corrected chi connectivity index (χ1v) is 12.3. The molecule has 0 spiro atoms. The van der Waals surface area contributed by atoms with Gasteiger partial charge >= 0.3 is 6.18 Å². The average molecular weight is 558 g/mol. The Morgan fingerprint density at radius 2 is 1.65 bits per heavy atom. The van der Waals surface area contributed by atoms with Gasteiger partial charge in [-0.2, -0.15) is 13.2 Å². The van der Waals surface area contributed by atoms with E-state index in [2.05, 4.69) is 10.6 Å². The lowest BCUT2D eigenvalue weighted by Crippen LogP contribution is -2.56. The minimum Gasteiger partial charge on any atom is -0.394 e. The molecule has 210 valence electrons. The molecule has 3 N–H and O–H groups in total. The number of hydrogen-bond donors (Lipinski definition) is 3. The van der Waals surface area contributed by atoms with Crippen molar-refractivity contribution in [2.45, 2.75) is 12.2 Å². The number of aliphatic hydroxyl groups is 1. The highest BCUT2D eigenvalue weighted by molar-refractivity contribution is 6.02. The van der Waals surface area contributed by atoms with Crippen LogP contribution in [0.25, 0.3) is 0 Å². The largest absolute Gasteiger partial charge is 0.416 e. The lowest BCUT2D eigenvalue weighted by atomic mass is 10.1. The Hall–Kier alpha value is -4.65. The number of halogens is 3. The van der Waals surface area contributed by atoms with Crippen molar-refractivity contribution in [1.29, 1.82) is 0 Å². The number of rotatable bonds is 8. The maximum absolute atomic E-state index is 13.1. The lowest BCUT2D eigenvalue weighted by molar-refractivity contribution is -0.384. The van der Waals surface area contributed by atoms with Gasteiger partial charge in [-0.1, -0.05) is 18.2 Å². The van der Waals surface area contributed by atoms with Gasteiger partial charge in [-0.15, -0.1) is 0 Å². The second kappa shape index (κ2) is 12.0. The Balaban J connectivity index is 1.39. The highest BCUT2D eigenvalue weighted by atomic mass is 19.4. The zero-order chi connectivity index (χ0) is 28.9. The van der Waals surface area contributed by atoms with E-state index in [9.17, 15) is 38.0 Å². The van der Waals surface area contributed by atoms with Crippen LogP contribution in [0.2, 0.25) is 0 Å². The molecule has 0 saturated carbocycles. The van der Waals surface area contributed by atoms with Gasteiger partial charge in [0.25, 0.3) is 11.6 Å². The fraction of sp³-hybridized carbons (Fsp3) is 0.259. The van der Waals surface area contributed by atoms with E-state index in [1.54, 1.807) is 24.3 Å². The number of carbonyl (C=O) groups is 2. The number of hydrogen-bond acceptors (Lipinski definition) is 7. The number of benzene rings is 3. The molecule has 0 aliphatic carbocycles. The van der Waals surface area contributed by atoms with E-state index < -0.39 is 41.1 Å². The van der Waals surface area contributed by atoms with Crippen molar-refractivity contribution in [3.8, 4) is 0 Å². The molecule has 4 rings (SSSR count). The predicted molar refractivity (Wildman–Crippen MR) is 141 cm³/mol. The maximum Gasteiger partial charge on any atom is 0.416 e. The minimum absolute atomic E-state index is 0.0225. The van der Waals surface area contributed by atoms with Crippen molar-refractivity contribution in [2.75, 3.05) is 43.0 Å². The molecule has 0 bridgehead atoms. The van der Waals surface area contributed by atoms with Crippen LogP contribution in [0.1, 0.15) is 15.9 Å². The zero-order valence-corrected chi connectivity index (χ0v) is 21.1. The summed E-state index contributed by atoms with van der Waals surface area (Å²) in [6.45, 7) is 0.834. The SMILES string of the molecule is O=C(NC(CO)C(=O)N1CCN(c2ccc([N+](=O)[O-])cc2)CC1)c1ccccc1Nc1cccc(C(F)(F)F)c1. The molecule has 1 aliphatic rings. The number of nitrogens with zero attached hydrogens (tertiary/aromatic N) is 3. The molecule has 0 radical (unpaired) electrons. The van der Waals surface area contributed by atoms with Gasteiger partial charge in [0.05, 0.1) is 28.3 Å². The number of nitrogens with one attached hydrogen (secondary N) is 2. The van der Waals surface area contributed by atoms with Crippen LogP contribution in [-0.4, -0.2) is 65.6 Å². The normalized spacial score (nSPS) is 14.4. The Morgan fingerprint density at radius 1 is 0.975 bits per heavy atom. The third kappa shape index (κ3) is 6.67. The van der Waals surface area contributed by atoms with Crippen molar-refractivity contribution in [1.82, 2.24) is 10.2 Å². The summed E-state index contributed by atoms with van der Waals surface area (Å²) in [5, 5.41) is 26.1. The standard InChI is InChI=1S/C27H26F3N5O5/c28-27(29,30)18-4-3-5-19(16-18)31-23-7-2-1-6-22(23)25(37)32-24(17-36)26(38)34-14-12-33(13-15-34)20-8-10-21(11-9-20)35(39)40/h1-11,16,24,31,36H,12-15,17H2,(H,32,37). The maximum atomic E-state index is 13.1.